The zero-order valence-electron chi connectivity index (χ0n) is 13.8. The van der Waals surface area contributed by atoms with E-state index < -0.39 is 0 Å². The number of rotatable bonds is 5. The van der Waals surface area contributed by atoms with Gasteiger partial charge in [0.25, 0.3) is 11.8 Å². The van der Waals surface area contributed by atoms with Crippen LogP contribution in [0.25, 0.3) is 0 Å². The summed E-state index contributed by atoms with van der Waals surface area (Å²) >= 11 is 14.2. The lowest BCUT2D eigenvalue weighted by atomic mass is 10.1. The summed E-state index contributed by atoms with van der Waals surface area (Å²) in [5, 5.41) is 3.66. The van der Waals surface area contributed by atoms with Crippen LogP contribution in [0, 0.1) is 3.57 Å². The molecule has 0 radical (unpaired) electrons. The molecule has 2 aromatic carbocycles. The maximum absolute atomic E-state index is 12.4. The van der Waals surface area contributed by atoms with Gasteiger partial charge in [0.05, 0.1) is 16.1 Å². The van der Waals surface area contributed by atoms with Gasteiger partial charge in [-0.1, -0.05) is 23.2 Å². The largest absolute Gasteiger partial charge is 0.339 e. The maximum Gasteiger partial charge on any atom is 0.256 e. The van der Waals surface area contributed by atoms with E-state index in [4.69, 9.17) is 23.2 Å². The van der Waals surface area contributed by atoms with Crippen LogP contribution >= 0.6 is 45.8 Å². The van der Waals surface area contributed by atoms with Gasteiger partial charge in [-0.15, -0.1) is 0 Å². The first-order valence-corrected chi connectivity index (χ1v) is 9.56. The van der Waals surface area contributed by atoms with E-state index in [9.17, 15) is 9.59 Å². The lowest BCUT2D eigenvalue weighted by Crippen LogP contribution is -2.30. The summed E-state index contributed by atoms with van der Waals surface area (Å²) in [6.07, 6.45) is 0. The van der Waals surface area contributed by atoms with Gasteiger partial charge in [0.15, 0.2) is 0 Å². The average molecular weight is 491 g/mol. The lowest BCUT2D eigenvalue weighted by molar-refractivity contribution is 0.0773. The van der Waals surface area contributed by atoms with Crippen molar-refractivity contribution < 1.29 is 9.59 Å². The summed E-state index contributed by atoms with van der Waals surface area (Å²) in [6, 6.07) is 9.93. The van der Waals surface area contributed by atoms with Crippen molar-refractivity contribution in [2.75, 3.05) is 18.4 Å². The van der Waals surface area contributed by atoms with Crippen LogP contribution in [0.5, 0.6) is 0 Å². The van der Waals surface area contributed by atoms with E-state index in [1.165, 1.54) is 0 Å². The molecule has 0 fully saturated rings. The highest BCUT2D eigenvalue weighted by atomic mass is 127. The second kappa shape index (κ2) is 8.87. The fourth-order valence-electron chi connectivity index (χ4n) is 2.32. The smallest absolute Gasteiger partial charge is 0.256 e. The monoisotopic (exact) mass is 490 g/mol. The second-order valence-corrected chi connectivity index (χ2v) is 7.26. The molecule has 0 atom stereocenters. The van der Waals surface area contributed by atoms with Crippen molar-refractivity contribution in [2.45, 2.75) is 13.8 Å². The standard InChI is InChI=1S/C18H17Cl2IN2O2/c1-3-23(4-2)18(25)13-8-6-12(10-15(13)20)22-17(24)14-7-5-11(19)9-16(14)21/h5-10H,3-4H2,1-2H3,(H,22,24). The topological polar surface area (TPSA) is 49.4 Å². The Morgan fingerprint density at radius 2 is 1.68 bits per heavy atom. The van der Waals surface area contributed by atoms with E-state index in [1.54, 1.807) is 41.3 Å². The van der Waals surface area contributed by atoms with Crippen molar-refractivity contribution in [3.8, 4) is 0 Å². The molecule has 7 heteroatoms. The zero-order chi connectivity index (χ0) is 18.6. The van der Waals surface area contributed by atoms with E-state index in [0.29, 0.717) is 39.9 Å². The molecule has 1 N–H and O–H groups in total. The van der Waals surface area contributed by atoms with Gasteiger partial charge in [-0.05, 0) is 72.8 Å². The average Bonchev–Trinajstić information content (AvgIpc) is 2.55. The molecule has 0 aliphatic rings. The molecule has 0 saturated carbocycles. The number of nitrogens with one attached hydrogen (secondary N) is 1. The van der Waals surface area contributed by atoms with Crippen LogP contribution in [0.2, 0.25) is 10.0 Å². The number of carbonyl (C=O) groups excluding carboxylic acids is 2. The molecule has 0 aliphatic heterocycles. The van der Waals surface area contributed by atoms with E-state index in [1.807, 2.05) is 13.8 Å². The number of hydrogen-bond acceptors (Lipinski definition) is 2. The molecule has 2 rings (SSSR count). The van der Waals surface area contributed by atoms with Crippen LogP contribution in [0.15, 0.2) is 36.4 Å². The SMILES string of the molecule is CCN(CC)C(=O)c1ccc(NC(=O)c2ccc(Cl)cc2I)cc1Cl. The molecule has 0 unspecified atom stereocenters. The fraction of sp³-hybridized carbons (Fsp3) is 0.222. The van der Waals surface area contributed by atoms with Crippen molar-refractivity contribution in [3.63, 3.8) is 0 Å². The van der Waals surface area contributed by atoms with Crippen molar-refractivity contribution in [1.29, 1.82) is 0 Å². The van der Waals surface area contributed by atoms with Crippen LogP contribution in [-0.2, 0) is 0 Å². The quantitative estimate of drug-likeness (QED) is 0.575. The first-order valence-electron chi connectivity index (χ1n) is 7.72. The predicted octanol–water partition coefficient (Wildman–Crippen LogP) is 5.33. The number of nitrogens with zero attached hydrogens (tertiary/aromatic N) is 1. The third-order valence-electron chi connectivity index (χ3n) is 3.68. The molecule has 0 spiro atoms. The predicted molar refractivity (Wildman–Crippen MR) is 111 cm³/mol. The van der Waals surface area contributed by atoms with Crippen LogP contribution in [0.3, 0.4) is 0 Å². The summed E-state index contributed by atoms with van der Waals surface area (Å²) in [5.41, 5.74) is 1.46. The highest BCUT2D eigenvalue weighted by Crippen LogP contribution is 2.24. The molecule has 0 aromatic heterocycles. The number of carbonyl (C=O) groups is 2. The number of halogens is 3. The third kappa shape index (κ3) is 4.86. The first kappa shape index (κ1) is 20.0. The van der Waals surface area contributed by atoms with Crippen molar-refractivity contribution in [3.05, 3.63) is 61.1 Å². The van der Waals surface area contributed by atoms with Gasteiger partial charge in [-0.2, -0.15) is 0 Å². The molecule has 25 heavy (non-hydrogen) atoms. The van der Waals surface area contributed by atoms with E-state index in [-0.39, 0.29) is 11.8 Å². The Morgan fingerprint density at radius 1 is 1.04 bits per heavy atom. The zero-order valence-corrected chi connectivity index (χ0v) is 17.4. The van der Waals surface area contributed by atoms with Crippen molar-refractivity contribution >= 4 is 63.3 Å². The highest BCUT2D eigenvalue weighted by molar-refractivity contribution is 14.1. The summed E-state index contributed by atoms with van der Waals surface area (Å²) < 4.78 is 0.752. The second-order valence-electron chi connectivity index (χ2n) is 5.25. The van der Waals surface area contributed by atoms with E-state index >= 15 is 0 Å². The molecule has 2 aromatic rings. The third-order valence-corrected chi connectivity index (χ3v) is 5.12. The van der Waals surface area contributed by atoms with E-state index in [0.717, 1.165) is 3.57 Å². The molecule has 0 bridgehead atoms. The molecule has 0 aliphatic carbocycles. The Bertz CT molecular complexity index is 808. The molecule has 2 amide bonds. The van der Waals surface area contributed by atoms with Gasteiger partial charge in [-0.25, -0.2) is 0 Å². The minimum atomic E-state index is -0.264. The Balaban J connectivity index is 2.20. The first-order chi connectivity index (χ1) is 11.9. The molecular weight excluding hydrogens is 474 g/mol. The molecular formula is C18H17Cl2IN2O2. The molecule has 0 heterocycles. The summed E-state index contributed by atoms with van der Waals surface area (Å²) in [6.45, 7) is 5.05. The van der Waals surface area contributed by atoms with Gasteiger partial charge in [0.1, 0.15) is 0 Å². The van der Waals surface area contributed by atoms with Gasteiger partial charge in [0.2, 0.25) is 0 Å². The maximum atomic E-state index is 12.4. The van der Waals surface area contributed by atoms with Gasteiger partial charge >= 0.3 is 0 Å². The Morgan fingerprint density at radius 3 is 2.24 bits per heavy atom. The van der Waals surface area contributed by atoms with Gasteiger partial charge in [-0.3, -0.25) is 9.59 Å². The Hall–Kier alpha value is -1.31. The van der Waals surface area contributed by atoms with Crippen LogP contribution in [0.1, 0.15) is 34.6 Å². The highest BCUT2D eigenvalue weighted by Gasteiger charge is 2.17. The number of benzene rings is 2. The van der Waals surface area contributed by atoms with Crippen molar-refractivity contribution in [2.24, 2.45) is 0 Å². The summed E-state index contributed by atoms with van der Waals surface area (Å²) in [4.78, 5) is 26.5. The van der Waals surface area contributed by atoms with E-state index in [2.05, 4.69) is 27.9 Å². The summed E-state index contributed by atoms with van der Waals surface area (Å²) in [5.74, 6) is -0.389. The van der Waals surface area contributed by atoms with Crippen LogP contribution in [0.4, 0.5) is 5.69 Å². The van der Waals surface area contributed by atoms with Crippen LogP contribution < -0.4 is 5.32 Å². The fourth-order valence-corrected chi connectivity index (χ4v) is 3.70. The number of amides is 2. The number of hydrogen-bond donors (Lipinski definition) is 1. The molecule has 132 valence electrons. The van der Waals surface area contributed by atoms with Gasteiger partial charge < -0.3 is 10.2 Å². The minimum absolute atomic E-state index is 0.125. The Labute approximate surface area is 170 Å². The Kier molecular flexibility index (Phi) is 7.10. The van der Waals surface area contributed by atoms with Crippen LogP contribution in [-0.4, -0.2) is 29.8 Å². The normalized spacial score (nSPS) is 10.4. The summed E-state index contributed by atoms with van der Waals surface area (Å²) in [7, 11) is 0. The van der Waals surface area contributed by atoms with Crippen molar-refractivity contribution in [1.82, 2.24) is 4.90 Å². The molecule has 0 saturated heterocycles. The minimum Gasteiger partial charge on any atom is -0.339 e. The van der Waals surface area contributed by atoms with Gasteiger partial charge in [0, 0.05) is 27.4 Å². The number of anilines is 1. The lowest BCUT2D eigenvalue weighted by Gasteiger charge is -2.19. The molecule has 4 nitrogen and oxygen atoms in total.